The third-order valence-corrected chi connectivity index (χ3v) is 1.81. The quantitative estimate of drug-likeness (QED) is 0.499. The molecule has 0 aromatic carbocycles. The normalized spacial score (nSPS) is 13.4. The number of nitrogens with two attached hydrogens (primary N) is 1. The Morgan fingerprint density at radius 2 is 2.36 bits per heavy atom. The van der Waals surface area contributed by atoms with Crippen molar-refractivity contribution < 1.29 is 5.11 Å². The van der Waals surface area contributed by atoms with E-state index in [1.54, 1.807) is 0 Å². The molecule has 1 unspecified atom stereocenters. The van der Waals surface area contributed by atoms with Crippen LogP contribution in [0.25, 0.3) is 5.65 Å². The summed E-state index contributed by atoms with van der Waals surface area (Å²) in [4.78, 5) is 15.2. The second-order valence-corrected chi connectivity index (χ2v) is 2.76. The van der Waals surface area contributed by atoms with E-state index in [1.165, 1.54) is 17.8 Å². The predicted molar refractivity (Wildman–Crippen MR) is 45.2 cm³/mol. The first-order valence-corrected chi connectivity index (χ1v) is 3.82. The number of aryl methyl sites for hydroxylation is 1. The summed E-state index contributed by atoms with van der Waals surface area (Å²) in [5, 5.41) is 16.3. The highest BCUT2D eigenvalue weighted by atomic mass is 16.3. The first kappa shape index (κ1) is 8.78. The lowest BCUT2D eigenvalue weighted by molar-refractivity contribution is 0.183. The molecule has 1 atom stereocenters. The second kappa shape index (κ2) is 2.86. The maximum absolute atomic E-state index is 11.4. The largest absolute Gasteiger partial charge is 0.373 e. The van der Waals surface area contributed by atoms with Gasteiger partial charge in [-0.25, -0.2) is 14.2 Å². The van der Waals surface area contributed by atoms with Crippen molar-refractivity contribution in [2.75, 3.05) is 0 Å². The molecule has 0 aliphatic heterocycles. The fourth-order valence-corrected chi connectivity index (χ4v) is 1.11. The summed E-state index contributed by atoms with van der Waals surface area (Å²) in [7, 11) is 1.47. The number of rotatable bonds is 1. The fraction of sp³-hybridized carbons (Fsp3) is 0.333. The number of aliphatic hydroxyl groups excluding tert-OH is 1. The van der Waals surface area contributed by atoms with Crippen LogP contribution < -0.4 is 11.4 Å². The molecule has 8 heteroatoms. The molecule has 2 aromatic heterocycles. The zero-order chi connectivity index (χ0) is 10.3. The Morgan fingerprint density at radius 1 is 1.64 bits per heavy atom. The van der Waals surface area contributed by atoms with Gasteiger partial charge in [-0.1, -0.05) is 5.21 Å². The lowest BCUT2D eigenvalue weighted by Gasteiger charge is -1.99. The Kier molecular flexibility index (Phi) is 1.79. The third kappa shape index (κ3) is 1.09. The van der Waals surface area contributed by atoms with Gasteiger partial charge < -0.3 is 10.8 Å². The molecule has 0 radical (unpaired) electrons. The standard InChI is InChI=1S/C6H8N6O2/c1-11-6(14)12-2-8-3(4(7)13)5(12)9-10-11/h2,4,13H,7H2,1H3. The van der Waals surface area contributed by atoms with Crippen molar-refractivity contribution in [2.24, 2.45) is 12.8 Å². The summed E-state index contributed by atoms with van der Waals surface area (Å²) in [5.41, 5.74) is 5.13. The Balaban J connectivity index is 2.84. The Labute approximate surface area is 77.6 Å². The molecule has 0 fully saturated rings. The van der Waals surface area contributed by atoms with E-state index in [4.69, 9.17) is 10.8 Å². The highest BCUT2D eigenvalue weighted by Gasteiger charge is 2.13. The van der Waals surface area contributed by atoms with Crippen molar-refractivity contribution in [3.63, 3.8) is 0 Å². The van der Waals surface area contributed by atoms with Crippen LogP contribution in [0.2, 0.25) is 0 Å². The zero-order valence-corrected chi connectivity index (χ0v) is 7.32. The fourth-order valence-electron chi connectivity index (χ4n) is 1.11. The molecule has 0 bridgehead atoms. The van der Waals surface area contributed by atoms with Crippen molar-refractivity contribution in [1.82, 2.24) is 24.4 Å². The summed E-state index contributed by atoms with van der Waals surface area (Å²) in [6.45, 7) is 0. The van der Waals surface area contributed by atoms with E-state index < -0.39 is 11.9 Å². The molecule has 2 aromatic rings. The molecule has 3 N–H and O–H groups in total. The van der Waals surface area contributed by atoms with E-state index in [1.807, 2.05) is 0 Å². The molecule has 0 saturated carbocycles. The van der Waals surface area contributed by atoms with E-state index in [-0.39, 0.29) is 11.3 Å². The van der Waals surface area contributed by atoms with Gasteiger partial charge in [0.1, 0.15) is 18.2 Å². The second-order valence-electron chi connectivity index (χ2n) is 2.76. The zero-order valence-electron chi connectivity index (χ0n) is 7.32. The molecular formula is C6H8N6O2. The van der Waals surface area contributed by atoms with E-state index in [0.717, 1.165) is 4.68 Å². The lowest BCUT2D eigenvalue weighted by Crippen LogP contribution is -2.27. The van der Waals surface area contributed by atoms with Crippen LogP contribution in [0.4, 0.5) is 0 Å². The number of aliphatic hydroxyl groups is 1. The van der Waals surface area contributed by atoms with Gasteiger partial charge in [-0.15, -0.1) is 5.10 Å². The van der Waals surface area contributed by atoms with Crippen LogP contribution in [0.3, 0.4) is 0 Å². The summed E-state index contributed by atoms with van der Waals surface area (Å²) in [6.07, 6.45) is -0.0148. The van der Waals surface area contributed by atoms with Crippen molar-refractivity contribution in [1.29, 1.82) is 0 Å². The van der Waals surface area contributed by atoms with Crippen LogP contribution in [-0.2, 0) is 7.05 Å². The van der Waals surface area contributed by atoms with Crippen LogP contribution in [0.5, 0.6) is 0 Å². The van der Waals surface area contributed by atoms with Gasteiger partial charge in [-0.3, -0.25) is 0 Å². The van der Waals surface area contributed by atoms with Gasteiger partial charge in [-0.05, 0) is 0 Å². The Morgan fingerprint density at radius 3 is 3.00 bits per heavy atom. The minimum Gasteiger partial charge on any atom is -0.373 e. The first-order valence-electron chi connectivity index (χ1n) is 3.82. The summed E-state index contributed by atoms with van der Waals surface area (Å²) in [6, 6.07) is 0. The van der Waals surface area contributed by atoms with Crippen LogP contribution in [0.15, 0.2) is 11.1 Å². The van der Waals surface area contributed by atoms with E-state index in [2.05, 4.69) is 15.3 Å². The highest BCUT2D eigenvalue weighted by molar-refractivity contribution is 5.42. The smallest absolute Gasteiger partial charge is 0.352 e. The average Bonchev–Trinajstić information content (AvgIpc) is 2.55. The van der Waals surface area contributed by atoms with E-state index in [9.17, 15) is 4.79 Å². The maximum Gasteiger partial charge on any atom is 0.352 e. The van der Waals surface area contributed by atoms with Gasteiger partial charge in [0.2, 0.25) is 0 Å². The van der Waals surface area contributed by atoms with Gasteiger partial charge in [-0.2, -0.15) is 4.68 Å². The lowest BCUT2D eigenvalue weighted by atomic mass is 10.4. The van der Waals surface area contributed by atoms with Gasteiger partial charge in [0, 0.05) is 7.05 Å². The highest BCUT2D eigenvalue weighted by Crippen LogP contribution is 2.07. The number of fused-ring (bicyclic) bond motifs is 1. The summed E-state index contributed by atoms with van der Waals surface area (Å²) in [5.74, 6) is 0. The number of imidazole rings is 1. The van der Waals surface area contributed by atoms with Crippen LogP contribution in [0, 0.1) is 0 Å². The number of aromatic nitrogens is 5. The van der Waals surface area contributed by atoms with E-state index in [0.29, 0.717) is 0 Å². The molecule has 74 valence electrons. The van der Waals surface area contributed by atoms with Crippen LogP contribution >= 0.6 is 0 Å². The molecule has 14 heavy (non-hydrogen) atoms. The van der Waals surface area contributed by atoms with Gasteiger partial charge in [0.25, 0.3) is 0 Å². The maximum atomic E-state index is 11.4. The number of hydrogen-bond acceptors (Lipinski definition) is 6. The van der Waals surface area contributed by atoms with Crippen molar-refractivity contribution >= 4 is 5.65 Å². The minimum absolute atomic E-state index is 0.134. The van der Waals surface area contributed by atoms with Crippen molar-refractivity contribution in [2.45, 2.75) is 6.23 Å². The summed E-state index contributed by atoms with van der Waals surface area (Å²) >= 11 is 0. The number of nitrogens with zero attached hydrogens (tertiary/aromatic N) is 5. The average molecular weight is 196 g/mol. The number of hydrogen-bond donors (Lipinski definition) is 2. The molecule has 0 saturated heterocycles. The van der Waals surface area contributed by atoms with Crippen molar-refractivity contribution in [3.05, 3.63) is 22.5 Å². The molecular weight excluding hydrogens is 188 g/mol. The molecule has 8 nitrogen and oxygen atoms in total. The van der Waals surface area contributed by atoms with Gasteiger partial charge in [0.05, 0.1) is 0 Å². The van der Waals surface area contributed by atoms with Gasteiger partial charge in [0.15, 0.2) is 5.65 Å². The van der Waals surface area contributed by atoms with Crippen LogP contribution in [0.1, 0.15) is 11.9 Å². The molecule has 0 aliphatic rings. The topological polar surface area (TPSA) is 111 Å². The SMILES string of the molecule is Cn1nnc2c(C(N)O)ncn2c1=O. The molecule has 0 spiro atoms. The predicted octanol–water partition coefficient (Wildman–Crippen LogP) is -2.23. The molecule has 0 amide bonds. The molecule has 2 rings (SSSR count). The summed E-state index contributed by atoms with van der Waals surface area (Å²) < 4.78 is 2.22. The minimum atomic E-state index is -1.26. The Bertz CT molecular complexity index is 527. The van der Waals surface area contributed by atoms with Crippen LogP contribution in [-0.4, -0.2) is 29.5 Å². The van der Waals surface area contributed by atoms with Crippen molar-refractivity contribution in [3.8, 4) is 0 Å². The molecule has 2 heterocycles. The Hall–Kier alpha value is -1.80. The monoisotopic (exact) mass is 196 g/mol. The van der Waals surface area contributed by atoms with Gasteiger partial charge >= 0.3 is 5.69 Å². The van der Waals surface area contributed by atoms with E-state index >= 15 is 0 Å². The first-order chi connectivity index (χ1) is 6.61. The third-order valence-electron chi connectivity index (χ3n) is 1.81. The molecule has 0 aliphatic carbocycles.